The zero-order chi connectivity index (χ0) is 10.9. The van der Waals surface area contributed by atoms with E-state index in [0.29, 0.717) is 6.54 Å². The number of aromatic nitrogens is 2. The van der Waals surface area contributed by atoms with Gasteiger partial charge in [0.1, 0.15) is 0 Å². The third-order valence-corrected chi connectivity index (χ3v) is 2.95. The molecule has 0 amide bonds. The second-order valence-corrected chi connectivity index (χ2v) is 4.55. The Kier molecular flexibility index (Phi) is 2.69. The van der Waals surface area contributed by atoms with Crippen LogP contribution in [0.15, 0.2) is 12.3 Å². The largest absolute Gasteiger partial charge is 0.388 e. The summed E-state index contributed by atoms with van der Waals surface area (Å²) in [6.45, 7) is 6.55. The Balaban J connectivity index is 2.10. The molecule has 4 heteroatoms. The zero-order valence-corrected chi connectivity index (χ0v) is 9.48. The second-order valence-electron chi connectivity index (χ2n) is 4.55. The van der Waals surface area contributed by atoms with Gasteiger partial charge in [-0.25, -0.2) is 0 Å². The monoisotopic (exact) mass is 209 g/mol. The number of aliphatic hydroxyl groups is 1. The van der Waals surface area contributed by atoms with Crippen LogP contribution in [0, 0.1) is 0 Å². The molecular weight excluding hydrogens is 190 g/mol. The molecule has 1 aromatic rings. The van der Waals surface area contributed by atoms with Crippen LogP contribution in [0.3, 0.4) is 0 Å². The summed E-state index contributed by atoms with van der Waals surface area (Å²) in [5.74, 6) is 0.983. The summed E-state index contributed by atoms with van der Waals surface area (Å²) < 4.78 is 1.92. The number of hydrogen-bond acceptors (Lipinski definition) is 3. The molecule has 84 valence electrons. The van der Waals surface area contributed by atoms with Gasteiger partial charge in [0.2, 0.25) is 0 Å². The molecule has 1 unspecified atom stereocenters. The van der Waals surface area contributed by atoms with Gasteiger partial charge >= 0.3 is 0 Å². The van der Waals surface area contributed by atoms with E-state index in [2.05, 4.69) is 16.9 Å². The molecule has 1 atom stereocenters. The van der Waals surface area contributed by atoms with Crippen LogP contribution in [-0.4, -0.2) is 33.6 Å². The van der Waals surface area contributed by atoms with Crippen molar-refractivity contribution in [3.63, 3.8) is 0 Å². The molecule has 1 aliphatic heterocycles. The standard InChI is InChI=1S/C11H19N3O/c1-3-14-8-5-10(12-14)13-7-4-6-11(2,15)9-13/h5,8,15H,3-4,6-7,9H2,1-2H3. The molecule has 1 fully saturated rings. The number of piperidine rings is 1. The molecule has 2 rings (SSSR count). The normalized spacial score (nSPS) is 27.0. The predicted octanol–water partition coefficient (Wildman–Crippen LogP) is 1.25. The summed E-state index contributed by atoms with van der Waals surface area (Å²) in [6.07, 6.45) is 3.91. The third-order valence-electron chi connectivity index (χ3n) is 2.95. The first-order chi connectivity index (χ1) is 7.11. The van der Waals surface area contributed by atoms with E-state index in [1.165, 1.54) is 0 Å². The predicted molar refractivity (Wildman–Crippen MR) is 60.0 cm³/mol. The van der Waals surface area contributed by atoms with Gasteiger partial charge in [-0.15, -0.1) is 0 Å². The molecule has 15 heavy (non-hydrogen) atoms. The molecule has 1 saturated heterocycles. The van der Waals surface area contributed by atoms with Gasteiger partial charge in [0.15, 0.2) is 5.82 Å². The van der Waals surface area contributed by atoms with Crippen molar-refractivity contribution >= 4 is 5.82 Å². The lowest BCUT2D eigenvalue weighted by Gasteiger charge is -2.36. The minimum absolute atomic E-state index is 0.561. The quantitative estimate of drug-likeness (QED) is 0.797. The van der Waals surface area contributed by atoms with Crippen molar-refractivity contribution in [1.29, 1.82) is 0 Å². The van der Waals surface area contributed by atoms with E-state index in [9.17, 15) is 5.11 Å². The van der Waals surface area contributed by atoms with Crippen molar-refractivity contribution in [1.82, 2.24) is 9.78 Å². The van der Waals surface area contributed by atoms with Crippen molar-refractivity contribution < 1.29 is 5.11 Å². The van der Waals surface area contributed by atoms with Gasteiger partial charge in [0, 0.05) is 31.9 Å². The van der Waals surface area contributed by atoms with Gasteiger partial charge in [-0.2, -0.15) is 5.10 Å². The molecule has 0 radical (unpaired) electrons. The Hall–Kier alpha value is -1.03. The molecule has 0 bridgehead atoms. The first kappa shape index (κ1) is 10.5. The zero-order valence-electron chi connectivity index (χ0n) is 9.48. The third kappa shape index (κ3) is 2.31. The highest BCUT2D eigenvalue weighted by molar-refractivity contribution is 5.38. The lowest BCUT2D eigenvalue weighted by atomic mass is 9.95. The molecule has 1 aromatic heterocycles. The van der Waals surface area contributed by atoms with Crippen LogP contribution in [0.5, 0.6) is 0 Å². The summed E-state index contributed by atoms with van der Waals surface area (Å²) in [6, 6.07) is 2.02. The van der Waals surface area contributed by atoms with E-state index in [1.54, 1.807) is 0 Å². The minimum atomic E-state index is -0.561. The van der Waals surface area contributed by atoms with Crippen LogP contribution in [0.25, 0.3) is 0 Å². The second kappa shape index (κ2) is 3.85. The van der Waals surface area contributed by atoms with Gasteiger partial charge < -0.3 is 10.0 Å². The van der Waals surface area contributed by atoms with E-state index in [4.69, 9.17) is 0 Å². The summed E-state index contributed by atoms with van der Waals surface area (Å²) in [5.41, 5.74) is -0.561. The topological polar surface area (TPSA) is 41.3 Å². The van der Waals surface area contributed by atoms with E-state index < -0.39 is 5.60 Å². The Bertz CT molecular complexity index is 332. The van der Waals surface area contributed by atoms with Gasteiger partial charge in [0.05, 0.1) is 5.60 Å². The van der Waals surface area contributed by atoms with Crippen LogP contribution in [0.4, 0.5) is 5.82 Å². The highest BCUT2D eigenvalue weighted by Crippen LogP contribution is 2.24. The van der Waals surface area contributed by atoms with E-state index in [-0.39, 0.29) is 0 Å². The number of hydrogen-bond donors (Lipinski definition) is 1. The highest BCUT2D eigenvalue weighted by atomic mass is 16.3. The van der Waals surface area contributed by atoms with E-state index >= 15 is 0 Å². The number of nitrogens with zero attached hydrogens (tertiary/aromatic N) is 3. The van der Waals surface area contributed by atoms with Crippen LogP contribution < -0.4 is 4.90 Å². The molecule has 0 saturated carbocycles. The first-order valence-corrected chi connectivity index (χ1v) is 5.61. The van der Waals surface area contributed by atoms with Crippen molar-refractivity contribution in [2.75, 3.05) is 18.0 Å². The molecule has 1 aliphatic rings. The maximum Gasteiger partial charge on any atom is 0.150 e. The summed E-state index contributed by atoms with van der Waals surface area (Å²) in [7, 11) is 0. The average Bonchev–Trinajstić information content (AvgIpc) is 2.64. The van der Waals surface area contributed by atoms with Crippen molar-refractivity contribution in [2.45, 2.75) is 38.8 Å². The number of β-amino-alcohol motifs (C(OH)–C–C–N with tert-alkyl or cyclic N) is 1. The lowest BCUT2D eigenvalue weighted by Crippen LogP contribution is -2.46. The van der Waals surface area contributed by atoms with Crippen molar-refractivity contribution in [3.05, 3.63) is 12.3 Å². The van der Waals surface area contributed by atoms with Crippen molar-refractivity contribution in [3.8, 4) is 0 Å². The van der Waals surface area contributed by atoms with Crippen LogP contribution in [0.2, 0.25) is 0 Å². The Morgan fingerprint density at radius 2 is 2.40 bits per heavy atom. The maximum atomic E-state index is 9.99. The first-order valence-electron chi connectivity index (χ1n) is 5.61. The van der Waals surface area contributed by atoms with E-state index in [0.717, 1.165) is 31.7 Å². The van der Waals surface area contributed by atoms with Crippen LogP contribution in [0.1, 0.15) is 26.7 Å². The molecule has 2 heterocycles. The smallest absolute Gasteiger partial charge is 0.150 e. The Labute approximate surface area is 90.5 Å². The van der Waals surface area contributed by atoms with Gasteiger partial charge in [0.25, 0.3) is 0 Å². The summed E-state index contributed by atoms with van der Waals surface area (Å²) >= 11 is 0. The fourth-order valence-electron chi connectivity index (χ4n) is 2.11. The molecule has 1 N–H and O–H groups in total. The van der Waals surface area contributed by atoms with Crippen LogP contribution >= 0.6 is 0 Å². The van der Waals surface area contributed by atoms with Crippen molar-refractivity contribution in [2.24, 2.45) is 0 Å². The Morgan fingerprint density at radius 3 is 3.00 bits per heavy atom. The molecule has 0 spiro atoms. The number of rotatable bonds is 2. The molecule has 0 aromatic carbocycles. The van der Waals surface area contributed by atoms with Gasteiger partial charge in [-0.05, 0) is 26.7 Å². The molecule has 0 aliphatic carbocycles. The number of anilines is 1. The fourth-order valence-corrected chi connectivity index (χ4v) is 2.11. The summed E-state index contributed by atoms with van der Waals surface area (Å²) in [4.78, 5) is 2.16. The molecular formula is C11H19N3O. The molecule has 4 nitrogen and oxygen atoms in total. The fraction of sp³-hybridized carbons (Fsp3) is 0.727. The van der Waals surface area contributed by atoms with Gasteiger partial charge in [-0.1, -0.05) is 0 Å². The van der Waals surface area contributed by atoms with E-state index in [1.807, 2.05) is 23.9 Å². The highest BCUT2D eigenvalue weighted by Gasteiger charge is 2.29. The lowest BCUT2D eigenvalue weighted by molar-refractivity contribution is 0.0447. The summed E-state index contributed by atoms with van der Waals surface area (Å²) in [5, 5.41) is 14.4. The number of aryl methyl sites for hydroxylation is 1. The van der Waals surface area contributed by atoms with Gasteiger partial charge in [-0.3, -0.25) is 4.68 Å². The maximum absolute atomic E-state index is 9.99. The average molecular weight is 209 g/mol. The SMILES string of the molecule is CCn1ccc(N2CCCC(C)(O)C2)n1. The minimum Gasteiger partial charge on any atom is -0.388 e. The van der Waals surface area contributed by atoms with Crippen LogP contribution in [-0.2, 0) is 6.54 Å². The Morgan fingerprint density at radius 1 is 1.60 bits per heavy atom.